The van der Waals surface area contributed by atoms with Crippen LogP contribution < -0.4 is 5.32 Å². The van der Waals surface area contributed by atoms with E-state index in [0.29, 0.717) is 16.6 Å². The molecule has 0 unspecified atom stereocenters. The topological polar surface area (TPSA) is 42.0 Å². The maximum atomic E-state index is 11.6. The minimum Gasteiger partial charge on any atom is -0.302 e. The Kier molecular flexibility index (Phi) is 4.56. The molecule has 0 saturated carbocycles. The van der Waals surface area contributed by atoms with Crippen LogP contribution in [-0.2, 0) is 4.79 Å². The van der Waals surface area contributed by atoms with Crippen LogP contribution in [0.3, 0.4) is 0 Å². The fraction of sp³-hybridized carbons (Fsp3) is 0.286. The molecule has 19 heavy (non-hydrogen) atoms. The number of anilines is 1. The Hall–Kier alpha value is -1.39. The summed E-state index contributed by atoms with van der Waals surface area (Å²) in [4.78, 5) is 17.1. The van der Waals surface area contributed by atoms with E-state index in [2.05, 4.69) is 10.3 Å². The summed E-state index contributed by atoms with van der Waals surface area (Å²) < 4.78 is 0. The molecule has 2 aromatic rings. The van der Waals surface area contributed by atoms with Gasteiger partial charge in [-0.25, -0.2) is 4.98 Å². The van der Waals surface area contributed by atoms with Gasteiger partial charge in [0.15, 0.2) is 5.13 Å². The van der Waals surface area contributed by atoms with Gasteiger partial charge in [-0.1, -0.05) is 30.7 Å². The highest BCUT2D eigenvalue weighted by atomic mass is 35.5. The first-order chi connectivity index (χ1) is 9.10. The Morgan fingerprint density at radius 2 is 2.26 bits per heavy atom. The number of benzene rings is 1. The summed E-state index contributed by atoms with van der Waals surface area (Å²) in [6.07, 6.45) is 1.35. The van der Waals surface area contributed by atoms with Crippen LogP contribution >= 0.6 is 22.9 Å². The first-order valence-corrected chi connectivity index (χ1v) is 7.33. The molecule has 2 rings (SSSR count). The lowest BCUT2D eigenvalue weighted by Gasteiger charge is -1.99. The fourth-order valence-electron chi connectivity index (χ4n) is 1.76. The van der Waals surface area contributed by atoms with E-state index in [0.717, 1.165) is 22.6 Å². The number of aryl methyl sites for hydroxylation is 1. The number of amides is 1. The normalized spacial score (nSPS) is 10.5. The lowest BCUT2D eigenvalue weighted by atomic mass is 10.1. The molecule has 0 fully saturated rings. The van der Waals surface area contributed by atoms with E-state index < -0.39 is 0 Å². The molecule has 3 nitrogen and oxygen atoms in total. The van der Waals surface area contributed by atoms with E-state index in [-0.39, 0.29) is 5.91 Å². The molecular weight excluding hydrogens is 280 g/mol. The molecular formula is C14H15ClN2OS. The molecule has 1 N–H and O–H groups in total. The monoisotopic (exact) mass is 294 g/mol. The summed E-state index contributed by atoms with van der Waals surface area (Å²) in [6, 6.07) is 7.56. The molecule has 100 valence electrons. The van der Waals surface area contributed by atoms with Crippen LogP contribution in [0.5, 0.6) is 0 Å². The summed E-state index contributed by atoms with van der Waals surface area (Å²) >= 11 is 7.47. The van der Waals surface area contributed by atoms with E-state index in [9.17, 15) is 4.79 Å². The molecule has 0 atom stereocenters. The largest absolute Gasteiger partial charge is 0.302 e. The second-order valence-corrected chi connectivity index (χ2v) is 5.87. The van der Waals surface area contributed by atoms with E-state index in [4.69, 9.17) is 11.6 Å². The predicted molar refractivity (Wildman–Crippen MR) is 80.8 cm³/mol. The van der Waals surface area contributed by atoms with Crippen molar-refractivity contribution >= 4 is 34.0 Å². The second kappa shape index (κ2) is 6.17. The fourth-order valence-corrected chi connectivity index (χ4v) is 2.80. The van der Waals surface area contributed by atoms with Crippen molar-refractivity contribution in [2.24, 2.45) is 0 Å². The van der Waals surface area contributed by atoms with Crippen molar-refractivity contribution in [3.05, 3.63) is 34.2 Å². The number of aromatic nitrogens is 1. The number of nitrogens with one attached hydrogen (secondary N) is 1. The van der Waals surface area contributed by atoms with Crippen molar-refractivity contribution in [2.75, 3.05) is 5.32 Å². The molecule has 0 saturated heterocycles. The van der Waals surface area contributed by atoms with Gasteiger partial charge >= 0.3 is 0 Å². The van der Waals surface area contributed by atoms with Gasteiger partial charge in [-0.2, -0.15) is 0 Å². The SMILES string of the molecule is CCCC(=O)Nc1nc(-c2cccc(Cl)c2)c(C)s1. The number of carbonyl (C=O) groups is 1. The molecule has 0 aliphatic carbocycles. The lowest BCUT2D eigenvalue weighted by molar-refractivity contribution is -0.116. The zero-order chi connectivity index (χ0) is 13.8. The molecule has 0 spiro atoms. The summed E-state index contributed by atoms with van der Waals surface area (Å²) in [6.45, 7) is 3.97. The molecule has 5 heteroatoms. The molecule has 1 heterocycles. The van der Waals surface area contributed by atoms with Crippen molar-refractivity contribution in [2.45, 2.75) is 26.7 Å². The predicted octanol–water partition coefficient (Wildman–Crippen LogP) is 4.51. The van der Waals surface area contributed by atoms with Crippen molar-refractivity contribution in [1.82, 2.24) is 4.98 Å². The molecule has 1 aromatic heterocycles. The quantitative estimate of drug-likeness (QED) is 0.901. The van der Waals surface area contributed by atoms with Crippen molar-refractivity contribution in [3.63, 3.8) is 0 Å². The molecule has 0 aliphatic heterocycles. The number of hydrogen-bond acceptors (Lipinski definition) is 3. The standard InChI is InChI=1S/C14H15ClN2OS/c1-3-5-12(18)16-14-17-13(9(2)19-14)10-6-4-7-11(15)8-10/h4,6-8H,3,5H2,1-2H3,(H,16,17,18). The first kappa shape index (κ1) is 14.0. The summed E-state index contributed by atoms with van der Waals surface area (Å²) in [5.74, 6) is 0.00824. The van der Waals surface area contributed by atoms with E-state index in [1.807, 2.05) is 38.1 Å². The highest BCUT2D eigenvalue weighted by Gasteiger charge is 2.11. The summed E-state index contributed by atoms with van der Waals surface area (Å²) in [5, 5.41) is 4.15. The average molecular weight is 295 g/mol. The number of rotatable bonds is 4. The van der Waals surface area contributed by atoms with Crippen LogP contribution in [0.1, 0.15) is 24.6 Å². The van der Waals surface area contributed by atoms with Crippen LogP contribution in [0.25, 0.3) is 11.3 Å². The maximum Gasteiger partial charge on any atom is 0.226 e. The number of carbonyl (C=O) groups excluding carboxylic acids is 1. The molecule has 0 aliphatic rings. The van der Waals surface area contributed by atoms with E-state index in [1.165, 1.54) is 11.3 Å². The third kappa shape index (κ3) is 3.55. The number of thiazole rings is 1. The van der Waals surface area contributed by atoms with Gasteiger partial charge in [-0.05, 0) is 25.5 Å². The Morgan fingerprint density at radius 1 is 1.47 bits per heavy atom. The van der Waals surface area contributed by atoms with Crippen molar-refractivity contribution in [1.29, 1.82) is 0 Å². The van der Waals surface area contributed by atoms with Gasteiger partial charge < -0.3 is 5.32 Å². The van der Waals surface area contributed by atoms with Crippen molar-refractivity contribution in [3.8, 4) is 11.3 Å². The zero-order valence-corrected chi connectivity index (χ0v) is 12.4. The minimum atomic E-state index is 0.00824. The third-order valence-electron chi connectivity index (χ3n) is 2.62. The van der Waals surface area contributed by atoms with Crippen LogP contribution in [0.2, 0.25) is 5.02 Å². The van der Waals surface area contributed by atoms with Gasteiger partial charge in [0.25, 0.3) is 0 Å². The Bertz CT molecular complexity index is 595. The lowest BCUT2D eigenvalue weighted by Crippen LogP contribution is -2.10. The second-order valence-electron chi connectivity index (χ2n) is 4.23. The van der Waals surface area contributed by atoms with Gasteiger partial charge in [0.2, 0.25) is 5.91 Å². The van der Waals surface area contributed by atoms with Crippen LogP contribution in [-0.4, -0.2) is 10.9 Å². The van der Waals surface area contributed by atoms with Gasteiger partial charge in [0.1, 0.15) is 0 Å². The zero-order valence-electron chi connectivity index (χ0n) is 10.9. The maximum absolute atomic E-state index is 11.6. The van der Waals surface area contributed by atoms with Gasteiger partial charge in [-0.3, -0.25) is 4.79 Å². The summed E-state index contributed by atoms with van der Waals surface area (Å²) in [5.41, 5.74) is 1.84. The highest BCUT2D eigenvalue weighted by Crippen LogP contribution is 2.31. The highest BCUT2D eigenvalue weighted by molar-refractivity contribution is 7.16. The van der Waals surface area contributed by atoms with Gasteiger partial charge in [0, 0.05) is 21.9 Å². The Morgan fingerprint density at radius 3 is 2.95 bits per heavy atom. The van der Waals surface area contributed by atoms with Crippen LogP contribution in [0, 0.1) is 6.92 Å². The van der Waals surface area contributed by atoms with Crippen molar-refractivity contribution < 1.29 is 4.79 Å². The van der Waals surface area contributed by atoms with Gasteiger partial charge in [0.05, 0.1) is 5.69 Å². The molecule has 1 amide bonds. The third-order valence-corrected chi connectivity index (χ3v) is 3.74. The Balaban J connectivity index is 2.24. The van der Waals surface area contributed by atoms with Crippen LogP contribution in [0.4, 0.5) is 5.13 Å². The Labute approximate surface area is 121 Å². The molecule has 0 radical (unpaired) electrons. The summed E-state index contributed by atoms with van der Waals surface area (Å²) in [7, 11) is 0. The van der Waals surface area contributed by atoms with E-state index >= 15 is 0 Å². The molecule has 0 bridgehead atoms. The van der Waals surface area contributed by atoms with Crippen LogP contribution in [0.15, 0.2) is 24.3 Å². The smallest absolute Gasteiger partial charge is 0.226 e. The number of nitrogens with zero attached hydrogens (tertiary/aromatic N) is 1. The minimum absolute atomic E-state index is 0.00824. The molecule has 1 aromatic carbocycles. The van der Waals surface area contributed by atoms with Gasteiger partial charge in [-0.15, -0.1) is 11.3 Å². The van der Waals surface area contributed by atoms with E-state index in [1.54, 1.807) is 0 Å². The number of hydrogen-bond donors (Lipinski definition) is 1. The average Bonchev–Trinajstić information content (AvgIpc) is 2.70. The number of halogens is 1. The first-order valence-electron chi connectivity index (χ1n) is 6.13.